The van der Waals surface area contributed by atoms with Crippen LogP contribution in [0.25, 0.3) is 0 Å². The Labute approximate surface area is 191 Å². The first kappa shape index (κ1) is 23.9. The molecule has 4 saturated heterocycles. The molecule has 4 heterocycles. The number of morpholine rings is 2. The molecule has 0 bridgehead atoms. The van der Waals surface area contributed by atoms with Gasteiger partial charge in [-0.25, -0.2) is 0 Å². The molecular formula is C25H48N4O2. The van der Waals surface area contributed by atoms with Crippen LogP contribution in [0, 0.1) is 11.8 Å². The predicted octanol–water partition coefficient (Wildman–Crippen LogP) is 2.29. The zero-order valence-electron chi connectivity index (χ0n) is 20.9. The summed E-state index contributed by atoms with van der Waals surface area (Å²) in [6, 6.07) is 1.21. The van der Waals surface area contributed by atoms with Gasteiger partial charge in [0, 0.05) is 64.4 Å². The smallest absolute Gasteiger partial charge is 0.0833 e. The van der Waals surface area contributed by atoms with E-state index in [0.29, 0.717) is 23.9 Å². The van der Waals surface area contributed by atoms with Gasteiger partial charge in [0.25, 0.3) is 0 Å². The van der Waals surface area contributed by atoms with Crippen LogP contribution >= 0.6 is 0 Å². The predicted molar refractivity (Wildman–Crippen MR) is 127 cm³/mol. The molecule has 3 atom stereocenters. The highest BCUT2D eigenvalue weighted by Gasteiger charge is 2.44. The van der Waals surface area contributed by atoms with Crippen molar-refractivity contribution < 1.29 is 9.47 Å². The molecule has 1 unspecified atom stereocenters. The maximum Gasteiger partial charge on any atom is 0.0833 e. The van der Waals surface area contributed by atoms with Crippen molar-refractivity contribution in [2.45, 2.75) is 76.7 Å². The minimum atomic E-state index is 0.0870. The number of hydrogen-bond acceptors (Lipinski definition) is 6. The van der Waals surface area contributed by atoms with Crippen LogP contribution in [-0.4, -0.2) is 111 Å². The van der Waals surface area contributed by atoms with E-state index in [1.54, 1.807) is 0 Å². The number of rotatable bonds is 5. The minimum absolute atomic E-state index is 0.0870. The molecule has 31 heavy (non-hydrogen) atoms. The first-order valence-electron chi connectivity index (χ1n) is 13.0. The van der Waals surface area contributed by atoms with Gasteiger partial charge >= 0.3 is 0 Å². The summed E-state index contributed by atoms with van der Waals surface area (Å²) in [5, 5.41) is 3.55. The fourth-order valence-electron chi connectivity index (χ4n) is 6.80. The molecule has 1 N–H and O–H groups in total. The van der Waals surface area contributed by atoms with E-state index < -0.39 is 0 Å². The SMILES string of the molecule is CC(C)C([C@@H](C)[C@@H](C)N1CCC2(CC1)CNCCO2)N1CCOC2(CCN(C)CC2)C1. The van der Waals surface area contributed by atoms with E-state index in [2.05, 4.69) is 54.8 Å². The number of nitrogens with one attached hydrogen (secondary N) is 1. The average Bonchev–Trinajstić information content (AvgIpc) is 2.77. The third-order valence-electron chi connectivity index (χ3n) is 9.00. The lowest BCUT2D eigenvalue weighted by Crippen LogP contribution is -2.62. The number of likely N-dealkylation sites (tertiary alicyclic amines) is 2. The third kappa shape index (κ3) is 5.30. The Morgan fingerprint density at radius 3 is 2.03 bits per heavy atom. The molecule has 6 heteroatoms. The van der Waals surface area contributed by atoms with Crippen molar-refractivity contribution >= 4 is 0 Å². The third-order valence-corrected chi connectivity index (χ3v) is 9.00. The van der Waals surface area contributed by atoms with Gasteiger partial charge in [-0.15, -0.1) is 0 Å². The molecule has 2 spiro atoms. The van der Waals surface area contributed by atoms with Gasteiger partial charge in [-0.1, -0.05) is 20.8 Å². The summed E-state index contributed by atoms with van der Waals surface area (Å²) in [7, 11) is 2.24. The maximum atomic E-state index is 6.44. The molecule has 0 aliphatic carbocycles. The zero-order valence-corrected chi connectivity index (χ0v) is 20.9. The van der Waals surface area contributed by atoms with E-state index in [-0.39, 0.29) is 11.2 Å². The van der Waals surface area contributed by atoms with Gasteiger partial charge in [0.1, 0.15) is 0 Å². The van der Waals surface area contributed by atoms with Gasteiger partial charge in [0.15, 0.2) is 0 Å². The van der Waals surface area contributed by atoms with Crippen LogP contribution < -0.4 is 5.32 Å². The van der Waals surface area contributed by atoms with E-state index in [4.69, 9.17) is 9.47 Å². The molecule has 4 fully saturated rings. The molecule has 0 aromatic carbocycles. The van der Waals surface area contributed by atoms with Gasteiger partial charge < -0.3 is 24.6 Å². The maximum absolute atomic E-state index is 6.44. The molecule has 0 amide bonds. The van der Waals surface area contributed by atoms with Crippen LogP contribution in [-0.2, 0) is 9.47 Å². The highest BCUT2D eigenvalue weighted by molar-refractivity contribution is 4.98. The number of hydrogen-bond donors (Lipinski definition) is 1. The summed E-state index contributed by atoms with van der Waals surface area (Å²) in [6.45, 7) is 20.5. The van der Waals surface area contributed by atoms with Crippen LogP contribution in [0.4, 0.5) is 0 Å². The lowest BCUT2D eigenvalue weighted by molar-refractivity contribution is -0.152. The van der Waals surface area contributed by atoms with Crippen molar-refractivity contribution in [3.63, 3.8) is 0 Å². The Morgan fingerprint density at radius 1 is 0.774 bits per heavy atom. The molecule has 0 aromatic rings. The molecule has 0 aromatic heterocycles. The van der Waals surface area contributed by atoms with E-state index >= 15 is 0 Å². The van der Waals surface area contributed by atoms with E-state index in [9.17, 15) is 0 Å². The van der Waals surface area contributed by atoms with Crippen LogP contribution in [0.3, 0.4) is 0 Å². The Bertz CT molecular complexity index is 562. The normalized spacial score (nSPS) is 31.2. The van der Waals surface area contributed by atoms with Gasteiger partial charge in [0.2, 0.25) is 0 Å². The molecule has 4 aliphatic heterocycles. The molecule has 6 nitrogen and oxygen atoms in total. The number of ether oxygens (including phenoxy) is 2. The average molecular weight is 437 g/mol. The summed E-state index contributed by atoms with van der Waals surface area (Å²) in [4.78, 5) is 8.00. The standard InChI is InChI=1S/C25H48N4O2/c1-20(2)23(29-15-17-31-25(19-29)6-11-27(5)12-7-25)21(3)22(4)28-13-8-24(9-14-28)18-26-10-16-30-24/h20-23,26H,6-19H2,1-5H3/t21-,22+,23?/m0/s1. The van der Waals surface area contributed by atoms with Crippen molar-refractivity contribution in [2.75, 3.05) is 72.6 Å². The second kappa shape index (κ2) is 9.94. The summed E-state index contributed by atoms with van der Waals surface area (Å²) in [6.07, 6.45) is 4.68. The van der Waals surface area contributed by atoms with Crippen LogP contribution in [0.5, 0.6) is 0 Å². The quantitative estimate of drug-likeness (QED) is 0.713. The topological polar surface area (TPSA) is 40.2 Å². The first-order valence-corrected chi connectivity index (χ1v) is 13.0. The lowest BCUT2D eigenvalue weighted by atomic mass is 9.81. The molecule has 0 saturated carbocycles. The van der Waals surface area contributed by atoms with E-state index in [0.717, 1.165) is 65.3 Å². The first-order chi connectivity index (χ1) is 14.8. The summed E-state index contributed by atoms with van der Waals surface area (Å²) in [5.41, 5.74) is 0.184. The zero-order chi connectivity index (χ0) is 22.1. The van der Waals surface area contributed by atoms with Gasteiger partial charge in [-0.05, 0) is 51.5 Å². The van der Waals surface area contributed by atoms with Crippen LogP contribution in [0.2, 0.25) is 0 Å². The number of nitrogens with zero attached hydrogens (tertiary/aromatic N) is 3. The Morgan fingerprint density at radius 2 is 1.42 bits per heavy atom. The second-order valence-electron chi connectivity index (χ2n) is 11.4. The fraction of sp³-hybridized carbons (Fsp3) is 1.00. The van der Waals surface area contributed by atoms with Crippen molar-refractivity contribution in [3.05, 3.63) is 0 Å². The highest BCUT2D eigenvalue weighted by atomic mass is 16.5. The van der Waals surface area contributed by atoms with Crippen LogP contribution in [0.15, 0.2) is 0 Å². The monoisotopic (exact) mass is 436 g/mol. The van der Waals surface area contributed by atoms with Crippen molar-refractivity contribution in [2.24, 2.45) is 11.8 Å². The van der Waals surface area contributed by atoms with Gasteiger partial charge in [-0.3, -0.25) is 4.90 Å². The molecule has 4 aliphatic rings. The fourth-order valence-corrected chi connectivity index (χ4v) is 6.80. The lowest BCUT2D eigenvalue weighted by Gasteiger charge is -2.52. The van der Waals surface area contributed by atoms with E-state index in [1.165, 1.54) is 25.9 Å². The van der Waals surface area contributed by atoms with Gasteiger partial charge in [0.05, 0.1) is 24.4 Å². The van der Waals surface area contributed by atoms with Crippen LogP contribution in [0.1, 0.15) is 53.4 Å². The number of piperidine rings is 2. The minimum Gasteiger partial charge on any atom is -0.372 e. The van der Waals surface area contributed by atoms with Crippen molar-refractivity contribution in [1.82, 2.24) is 20.0 Å². The largest absolute Gasteiger partial charge is 0.372 e. The van der Waals surface area contributed by atoms with Crippen molar-refractivity contribution in [1.29, 1.82) is 0 Å². The summed E-state index contributed by atoms with van der Waals surface area (Å²) < 4.78 is 12.7. The van der Waals surface area contributed by atoms with E-state index in [1.807, 2.05) is 0 Å². The molecular weight excluding hydrogens is 388 g/mol. The van der Waals surface area contributed by atoms with Crippen molar-refractivity contribution in [3.8, 4) is 0 Å². The highest BCUT2D eigenvalue weighted by Crippen LogP contribution is 2.35. The summed E-state index contributed by atoms with van der Waals surface area (Å²) >= 11 is 0. The van der Waals surface area contributed by atoms with Gasteiger partial charge in [-0.2, -0.15) is 0 Å². The second-order valence-corrected chi connectivity index (χ2v) is 11.4. The molecule has 180 valence electrons. The Kier molecular flexibility index (Phi) is 7.67. The Balaban J connectivity index is 1.38. The Hall–Kier alpha value is -0.240. The summed E-state index contributed by atoms with van der Waals surface area (Å²) in [5.74, 6) is 1.29. The molecule has 4 rings (SSSR count). The molecule has 0 radical (unpaired) electrons.